The predicted octanol–water partition coefficient (Wildman–Crippen LogP) is 3.15. The molecule has 0 aliphatic rings. The number of hydrogen-bond donors (Lipinski definition) is 4. The number of aromatic hydroxyl groups is 1. The summed E-state index contributed by atoms with van der Waals surface area (Å²) < 4.78 is 8.88. The van der Waals surface area contributed by atoms with Gasteiger partial charge in [0.1, 0.15) is 5.75 Å². The second-order valence-electron chi connectivity index (χ2n) is 4.68. The monoisotopic (exact) mass is 304 g/mol. The number of phenolic OH excluding ortho intramolecular Hbond substituents is 1. The van der Waals surface area contributed by atoms with Crippen LogP contribution >= 0.6 is 7.82 Å². The zero-order valence-electron chi connectivity index (χ0n) is 12.1. The van der Waals surface area contributed by atoms with Crippen LogP contribution in [0.1, 0.15) is 50.7 Å². The lowest BCUT2D eigenvalue weighted by atomic mass is 10.0. The highest BCUT2D eigenvalue weighted by atomic mass is 31.2. The van der Waals surface area contributed by atoms with Gasteiger partial charge >= 0.3 is 7.82 Å². The molecule has 116 valence electrons. The third-order valence-corrected chi connectivity index (χ3v) is 2.76. The van der Waals surface area contributed by atoms with Crippen LogP contribution in [0.4, 0.5) is 0 Å². The topological polar surface area (TPSA) is 98.0 Å². The van der Waals surface area contributed by atoms with Crippen molar-refractivity contribution in [1.82, 2.24) is 0 Å². The second-order valence-corrected chi connectivity index (χ2v) is 5.71. The predicted molar refractivity (Wildman–Crippen MR) is 79.6 cm³/mol. The molecule has 5 nitrogen and oxygen atoms in total. The van der Waals surface area contributed by atoms with E-state index in [2.05, 4.69) is 19.9 Å². The van der Waals surface area contributed by atoms with Crippen LogP contribution in [0.5, 0.6) is 5.75 Å². The average Bonchev–Trinajstić information content (AvgIpc) is 2.34. The van der Waals surface area contributed by atoms with Gasteiger partial charge in [-0.2, -0.15) is 0 Å². The van der Waals surface area contributed by atoms with Crippen molar-refractivity contribution in [1.29, 1.82) is 0 Å². The van der Waals surface area contributed by atoms with E-state index in [-0.39, 0.29) is 0 Å². The maximum atomic E-state index is 9.69. The van der Waals surface area contributed by atoms with Crippen molar-refractivity contribution in [3.05, 3.63) is 29.3 Å². The molecule has 0 unspecified atom stereocenters. The van der Waals surface area contributed by atoms with Crippen LogP contribution in [-0.4, -0.2) is 19.8 Å². The van der Waals surface area contributed by atoms with E-state index in [0.29, 0.717) is 5.75 Å². The summed E-state index contributed by atoms with van der Waals surface area (Å²) in [6.45, 7) is 4.39. The molecule has 0 spiro atoms. The van der Waals surface area contributed by atoms with Crippen LogP contribution in [-0.2, 0) is 17.4 Å². The lowest BCUT2D eigenvalue weighted by Gasteiger charge is -2.07. The Bertz CT molecular complexity index is 419. The number of hydrogen-bond acceptors (Lipinski definition) is 2. The minimum Gasteiger partial charge on any atom is -0.508 e. The molecule has 0 aromatic heterocycles. The van der Waals surface area contributed by atoms with Gasteiger partial charge in [0.2, 0.25) is 0 Å². The minimum absolute atomic E-state index is 0.462. The minimum atomic E-state index is -4.64. The van der Waals surface area contributed by atoms with Gasteiger partial charge in [0, 0.05) is 0 Å². The quantitative estimate of drug-likeness (QED) is 0.605. The van der Waals surface area contributed by atoms with Crippen molar-refractivity contribution in [2.75, 3.05) is 0 Å². The van der Waals surface area contributed by atoms with Crippen LogP contribution in [0.3, 0.4) is 0 Å². The molecule has 0 aliphatic heterocycles. The fraction of sp³-hybridized carbons (Fsp3) is 0.571. The Morgan fingerprint density at radius 3 is 2.00 bits per heavy atom. The fourth-order valence-electron chi connectivity index (χ4n) is 1.74. The zero-order chi connectivity index (χ0) is 15.6. The van der Waals surface area contributed by atoms with E-state index < -0.39 is 7.82 Å². The number of rotatable bonds is 6. The maximum Gasteiger partial charge on any atom is 0.466 e. The Labute approximate surface area is 120 Å². The summed E-state index contributed by atoms with van der Waals surface area (Å²) in [7, 11) is -4.64. The molecule has 1 rings (SSSR count). The molecule has 1 aromatic carbocycles. The third kappa shape index (κ3) is 11.0. The molecule has 0 radical (unpaired) electrons. The Kier molecular flexibility index (Phi) is 9.51. The van der Waals surface area contributed by atoms with E-state index in [4.69, 9.17) is 19.2 Å². The van der Waals surface area contributed by atoms with E-state index in [1.54, 1.807) is 0 Å². The molecule has 1 aromatic rings. The molecular weight excluding hydrogens is 279 g/mol. The van der Waals surface area contributed by atoms with Crippen molar-refractivity contribution in [2.45, 2.75) is 52.4 Å². The molecule has 0 heterocycles. The van der Waals surface area contributed by atoms with Crippen molar-refractivity contribution in [3.8, 4) is 5.75 Å². The molecule has 0 saturated heterocycles. The summed E-state index contributed by atoms with van der Waals surface area (Å²) in [5, 5.41) is 9.69. The molecule has 0 saturated carbocycles. The SMILES string of the molecule is CCCCc1ccc(O)c(CCCC)c1.O=P(O)(O)O. The number of phosphoric acid groups is 1. The van der Waals surface area contributed by atoms with Crippen molar-refractivity contribution >= 4 is 7.82 Å². The number of unbranched alkanes of at least 4 members (excludes halogenated alkanes) is 2. The molecule has 20 heavy (non-hydrogen) atoms. The molecule has 0 amide bonds. The Balaban J connectivity index is 0.000000621. The summed E-state index contributed by atoms with van der Waals surface area (Å²) in [5.41, 5.74) is 2.48. The van der Waals surface area contributed by atoms with Gasteiger partial charge in [-0.05, 0) is 42.9 Å². The maximum absolute atomic E-state index is 9.69. The highest BCUT2D eigenvalue weighted by Crippen LogP contribution is 2.25. The van der Waals surface area contributed by atoms with Crippen LogP contribution < -0.4 is 0 Å². The summed E-state index contributed by atoms with van der Waals surface area (Å²) >= 11 is 0. The standard InChI is InChI=1S/C14H22O.H3O4P/c1-3-5-7-12-9-10-14(15)13(11-12)8-6-4-2;1-5(2,3)4/h9-11,15H,3-8H2,1-2H3;(H3,1,2,3,4). The van der Waals surface area contributed by atoms with Gasteiger partial charge in [0.25, 0.3) is 0 Å². The van der Waals surface area contributed by atoms with Crippen molar-refractivity contribution in [2.24, 2.45) is 0 Å². The number of aryl methyl sites for hydroxylation is 2. The number of phenols is 1. The number of benzene rings is 1. The summed E-state index contributed by atoms with van der Waals surface area (Å²) in [4.78, 5) is 21.6. The zero-order valence-corrected chi connectivity index (χ0v) is 13.0. The van der Waals surface area contributed by atoms with Crippen molar-refractivity contribution < 1.29 is 24.4 Å². The highest BCUT2D eigenvalue weighted by molar-refractivity contribution is 7.45. The smallest absolute Gasteiger partial charge is 0.466 e. The lowest BCUT2D eigenvalue weighted by Crippen LogP contribution is -1.90. The van der Waals surface area contributed by atoms with E-state index >= 15 is 0 Å². The summed E-state index contributed by atoms with van der Waals surface area (Å²) in [6, 6.07) is 6.05. The molecule has 0 fully saturated rings. The van der Waals surface area contributed by atoms with Crippen molar-refractivity contribution in [3.63, 3.8) is 0 Å². The normalized spacial score (nSPS) is 10.8. The Hall–Kier alpha value is -0.870. The first-order valence-corrected chi connectivity index (χ1v) is 8.43. The van der Waals surface area contributed by atoms with Crippen LogP contribution in [0.2, 0.25) is 0 Å². The molecule has 4 N–H and O–H groups in total. The van der Waals surface area contributed by atoms with Gasteiger partial charge in [-0.15, -0.1) is 0 Å². The van der Waals surface area contributed by atoms with Gasteiger partial charge in [0.05, 0.1) is 0 Å². The molecular formula is C14H25O5P. The first kappa shape index (κ1) is 19.1. The van der Waals surface area contributed by atoms with Gasteiger partial charge in [-0.3, -0.25) is 0 Å². The van der Waals surface area contributed by atoms with E-state index in [9.17, 15) is 5.11 Å². The lowest BCUT2D eigenvalue weighted by molar-refractivity contribution is 0.275. The molecule has 0 atom stereocenters. The highest BCUT2D eigenvalue weighted by Gasteiger charge is 2.02. The Morgan fingerprint density at radius 1 is 1.00 bits per heavy atom. The first-order valence-electron chi connectivity index (χ1n) is 6.87. The van der Waals surface area contributed by atoms with Gasteiger partial charge in [-0.25, -0.2) is 4.57 Å². The largest absolute Gasteiger partial charge is 0.508 e. The van der Waals surface area contributed by atoms with Gasteiger partial charge < -0.3 is 19.8 Å². The van der Waals surface area contributed by atoms with E-state index in [1.165, 1.54) is 24.8 Å². The van der Waals surface area contributed by atoms with Gasteiger partial charge in [-0.1, -0.05) is 38.8 Å². The van der Waals surface area contributed by atoms with E-state index in [1.807, 2.05) is 12.1 Å². The molecule has 0 aliphatic carbocycles. The first-order chi connectivity index (χ1) is 9.27. The third-order valence-electron chi connectivity index (χ3n) is 2.76. The summed E-state index contributed by atoms with van der Waals surface area (Å²) in [6.07, 6.45) is 6.94. The van der Waals surface area contributed by atoms with Crippen LogP contribution in [0.25, 0.3) is 0 Å². The fourth-order valence-corrected chi connectivity index (χ4v) is 1.74. The molecule has 0 bridgehead atoms. The summed E-state index contributed by atoms with van der Waals surface area (Å²) in [5.74, 6) is 0.462. The van der Waals surface area contributed by atoms with Crippen LogP contribution in [0.15, 0.2) is 18.2 Å². The average molecular weight is 304 g/mol. The van der Waals surface area contributed by atoms with E-state index in [0.717, 1.165) is 24.8 Å². The van der Waals surface area contributed by atoms with Gasteiger partial charge in [0.15, 0.2) is 0 Å². The van der Waals surface area contributed by atoms with Crippen LogP contribution in [0, 0.1) is 0 Å². The molecule has 6 heteroatoms. The second kappa shape index (κ2) is 9.94. The Morgan fingerprint density at radius 2 is 1.50 bits per heavy atom.